The van der Waals surface area contributed by atoms with Crippen LogP contribution in [0.2, 0.25) is 5.02 Å². The number of benzene rings is 3. The molecule has 4 N–H and O–H groups in total. The predicted molar refractivity (Wildman–Crippen MR) is 296 cm³/mol. The van der Waals surface area contributed by atoms with Crippen LogP contribution >= 0.6 is 11.6 Å². The molecule has 410 valence electrons. The number of aryl methyl sites for hydroxylation is 1. The van der Waals surface area contributed by atoms with E-state index in [1.54, 1.807) is 41.4 Å². The number of anilines is 1. The zero-order valence-corrected chi connectivity index (χ0v) is 45.9. The lowest BCUT2D eigenvalue weighted by atomic mass is 9.59. The molecule has 3 aromatic carbocycles. The summed E-state index contributed by atoms with van der Waals surface area (Å²) in [6.07, 6.45) is 14.5. The first-order chi connectivity index (χ1) is 36.9. The molecule has 3 heterocycles. The summed E-state index contributed by atoms with van der Waals surface area (Å²) >= 11 is 6.34. The van der Waals surface area contributed by atoms with E-state index >= 15 is 0 Å². The number of hydrogen-bond acceptors (Lipinski definition) is 10. The van der Waals surface area contributed by atoms with Gasteiger partial charge in [0.1, 0.15) is 22.6 Å². The Morgan fingerprint density at radius 2 is 1.70 bits per heavy atom. The molecular weight excluding hydrogens is 996 g/mol. The van der Waals surface area contributed by atoms with E-state index in [1.165, 1.54) is 16.7 Å². The minimum absolute atomic E-state index is 0.0575. The monoisotopic (exact) mass is 1070 g/mol. The molecule has 5 aromatic rings. The van der Waals surface area contributed by atoms with E-state index in [0.29, 0.717) is 92.2 Å². The van der Waals surface area contributed by atoms with Gasteiger partial charge in [0.2, 0.25) is 5.91 Å². The van der Waals surface area contributed by atoms with Crippen LogP contribution in [0, 0.1) is 17.8 Å². The van der Waals surface area contributed by atoms with Crippen LogP contribution in [-0.4, -0.2) is 91.3 Å². The number of carboxylic acid groups (broad SMARTS) is 2. The number of ether oxygens (including phenoxy) is 3. The number of hydrogen-bond donors (Lipinski definition) is 4. The fourth-order valence-electron chi connectivity index (χ4n) is 12.5. The zero-order valence-electron chi connectivity index (χ0n) is 45.2. The molecule has 4 aliphatic rings. The number of likely N-dealkylation sites (tertiary alicyclic amines) is 1. The lowest BCUT2D eigenvalue weighted by Gasteiger charge is -2.47. The van der Waals surface area contributed by atoms with Crippen molar-refractivity contribution < 1.29 is 43.6 Å². The Hall–Kier alpha value is -6.61. The first kappa shape index (κ1) is 55.2. The Balaban J connectivity index is 0.818. The van der Waals surface area contributed by atoms with Gasteiger partial charge in [-0.3, -0.25) is 14.5 Å². The lowest BCUT2D eigenvalue weighted by molar-refractivity contribution is -0.144. The number of piperidine rings is 1. The molecule has 0 bridgehead atoms. The molecule has 16 heteroatoms. The molecule has 77 heavy (non-hydrogen) atoms. The number of carbonyl (C=O) groups excluding carboxylic acids is 2. The Labute approximate surface area is 457 Å². The molecular formula is C61H75ClN6O9. The van der Waals surface area contributed by atoms with Crippen LogP contribution < -0.4 is 20.1 Å². The van der Waals surface area contributed by atoms with E-state index < -0.39 is 35.0 Å². The van der Waals surface area contributed by atoms with Gasteiger partial charge in [-0.1, -0.05) is 55.8 Å². The van der Waals surface area contributed by atoms with Gasteiger partial charge in [0, 0.05) is 66.0 Å². The summed E-state index contributed by atoms with van der Waals surface area (Å²) in [5.41, 5.74) is 5.55. The second-order valence-electron chi connectivity index (χ2n) is 23.3. The Morgan fingerprint density at radius 3 is 2.44 bits per heavy atom. The van der Waals surface area contributed by atoms with Crippen LogP contribution in [0.1, 0.15) is 145 Å². The number of nitrogens with one attached hydrogen (secondary N) is 2. The van der Waals surface area contributed by atoms with Crippen molar-refractivity contribution in [1.82, 2.24) is 25.0 Å². The van der Waals surface area contributed by atoms with Crippen molar-refractivity contribution in [1.29, 1.82) is 0 Å². The first-order valence-electron chi connectivity index (χ1n) is 27.6. The third-order valence-electron chi connectivity index (χ3n) is 16.5. The van der Waals surface area contributed by atoms with Crippen molar-refractivity contribution in [2.24, 2.45) is 17.8 Å². The summed E-state index contributed by atoms with van der Waals surface area (Å²) in [5.74, 6) is 0.371. The SMILES string of the molecule is C[C@@H](COc1ccnc2c1[C@H](C)CCC2)C[C@H]1Cc2ccc(OCCCC(=O)N[C@@H](C(=O)O)c3cccc(-c4cnn(CC5CCN(C(=O)OC(C)(C)C)CC5)c4)c3)cc2C12CCC(Nc1cccc(Cl)c1)(C(=O)O)CC2. The van der Waals surface area contributed by atoms with E-state index in [2.05, 4.69) is 46.7 Å². The summed E-state index contributed by atoms with van der Waals surface area (Å²) < 4.78 is 20.4. The standard InChI is InChI=1S/C61H75ClN6O9/c1-39(38-76-52-19-26-63-51-15-6-10-40(2)54(51)52)30-46-32-43-17-18-49(34-50(43)60(46)22-24-61(25-23-60,57(72)73)66-48-14-8-13-47(62)33-48)75-29-9-16-53(69)65-55(56(70)71)44-12-7-11-42(31-44)45-35-64-68(37-45)36-41-20-27-67(28-21-41)58(74)77-59(3,4)5/h7-8,11-14,17-19,26,31,33-35,37,39-41,46,55,66H,6,9-10,15-16,20-25,27-30,32,36,38H2,1-5H3,(H,65,69)(H,70,71)(H,72,73)/t39-,40-,46+,55-,60?,61?/m1/s1. The molecule has 2 fully saturated rings. The summed E-state index contributed by atoms with van der Waals surface area (Å²) in [5, 5.41) is 32.4. The predicted octanol–water partition coefficient (Wildman–Crippen LogP) is 11.8. The van der Waals surface area contributed by atoms with Gasteiger partial charge < -0.3 is 40.0 Å². The maximum atomic E-state index is 13.4. The third kappa shape index (κ3) is 13.1. The average Bonchev–Trinajstić information content (AvgIpc) is 4.15. The van der Waals surface area contributed by atoms with E-state index in [9.17, 15) is 29.4 Å². The molecule has 1 saturated heterocycles. The molecule has 0 radical (unpaired) electrons. The molecule has 2 aromatic heterocycles. The molecule has 2 amide bonds. The fourth-order valence-corrected chi connectivity index (χ4v) is 12.7. The highest BCUT2D eigenvalue weighted by Crippen LogP contribution is 2.57. The minimum Gasteiger partial charge on any atom is -0.494 e. The highest BCUT2D eigenvalue weighted by atomic mass is 35.5. The van der Waals surface area contributed by atoms with Gasteiger partial charge in [0.25, 0.3) is 0 Å². The summed E-state index contributed by atoms with van der Waals surface area (Å²) in [4.78, 5) is 58.2. The van der Waals surface area contributed by atoms with Crippen molar-refractivity contribution in [3.05, 3.63) is 124 Å². The van der Waals surface area contributed by atoms with Crippen LogP contribution in [0.25, 0.3) is 11.1 Å². The molecule has 1 spiro atoms. The van der Waals surface area contributed by atoms with Gasteiger partial charge >= 0.3 is 18.0 Å². The molecule has 4 atom stereocenters. The number of carboxylic acids is 2. The molecule has 0 unspecified atom stereocenters. The quantitative estimate of drug-likeness (QED) is 0.0573. The summed E-state index contributed by atoms with van der Waals surface area (Å²) in [6.45, 7) is 12.8. The molecule has 3 aliphatic carbocycles. The van der Waals surface area contributed by atoms with E-state index in [4.69, 9.17) is 25.8 Å². The van der Waals surface area contributed by atoms with Crippen LogP contribution in [0.5, 0.6) is 11.5 Å². The number of carbonyl (C=O) groups is 4. The molecule has 15 nitrogen and oxygen atoms in total. The van der Waals surface area contributed by atoms with Gasteiger partial charge in [0.15, 0.2) is 6.04 Å². The molecule has 1 aliphatic heterocycles. The number of aromatic nitrogens is 3. The number of pyridine rings is 1. The number of nitrogens with zero attached hydrogens (tertiary/aromatic N) is 4. The van der Waals surface area contributed by atoms with Crippen LogP contribution in [0.3, 0.4) is 0 Å². The fraction of sp³-hybridized carbons (Fsp3) is 0.508. The van der Waals surface area contributed by atoms with E-state index in [1.807, 2.05) is 68.2 Å². The number of fused-ring (bicyclic) bond motifs is 3. The Bertz CT molecular complexity index is 2920. The van der Waals surface area contributed by atoms with Gasteiger partial charge in [-0.2, -0.15) is 5.10 Å². The third-order valence-corrected chi connectivity index (χ3v) is 16.8. The number of halogens is 1. The van der Waals surface area contributed by atoms with Crippen molar-refractivity contribution >= 4 is 41.2 Å². The number of amides is 2. The number of rotatable bonds is 19. The van der Waals surface area contributed by atoms with Gasteiger partial charge in [0.05, 0.1) is 19.4 Å². The smallest absolute Gasteiger partial charge is 0.410 e. The van der Waals surface area contributed by atoms with Crippen molar-refractivity contribution in [2.75, 3.05) is 31.6 Å². The van der Waals surface area contributed by atoms with Crippen molar-refractivity contribution in [3.8, 4) is 22.6 Å². The van der Waals surface area contributed by atoms with E-state index in [0.717, 1.165) is 67.5 Å². The summed E-state index contributed by atoms with van der Waals surface area (Å²) in [7, 11) is 0. The zero-order chi connectivity index (χ0) is 54.5. The maximum absolute atomic E-state index is 13.4. The topological polar surface area (TPSA) is 194 Å². The first-order valence-corrected chi connectivity index (χ1v) is 28.0. The van der Waals surface area contributed by atoms with E-state index in [-0.39, 0.29) is 36.4 Å². The largest absolute Gasteiger partial charge is 0.494 e. The minimum atomic E-state index is -1.26. The van der Waals surface area contributed by atoms with Gasteiger partial charge in [-0.15, -0.1) is 0 Å². The van der Waals surface area contributed by atoms with Crippen LogP contribution in [-0.2, 0) is 43.9 Å². The Kier molecular flexibility index (Phi) is 16.9. The second kappa shape index (κ2) is 23.6. The normalized spacial score (nSPS) is 22.1. The summed E-state index contributed by atoms with van der Waals surface area (Å²) in [6, 6.07) is 21.4. The molecule has 1 saturated carbocycles. The lowest BCUT2D eigenvalue weighted by Crippen LogP contribution is -2.53. The maximum Gasteiger partial charge on any atom is 0.410 e. The van der Waals surface area contributed by atoms with Crippen molar-refractivity contribution in [3.63, 3.8) is 0 Å². The number of aliphatic carboxylic acids is 2. The van der Waals surface area contributed by atoms with Crippen LogP contribution in [0.4, 0.5) is 10.5 Å². The Morgan fingerprint density at radius 1 is 0.922 bits per heavy atom. The molecule has 9 rings (SSSR count). The van der Waals surface area contributed by atoms with Gasteiger partial charge in [-0.25, -0.2) is 14.4 Å². The highest BCUT2D eigenvalue weighted by Gasteiger charge is 2.54. The van der Waals surface area contributed by atoms with Gasteiger partial charge in [-0.05, 0) is 192 Å². The highest BCUT2D eigenvalue weighted by molar-refractivity contribution is 6.30. The average molecular weight is 1070 g/mol. The van der Waals surface area contributed by atoms with Crippen LogP contribution in [0.15, 0.2) is 91.4 Å². The second-order valence-corrected chi connectivity index (χ2v) is 23.7. The van der Waals surface area contributed by atoms with Crippen molar-refractivity contribution in [2.45, 2.75) is 153 Å².